The van der Waals surface area contributed by atoms with Gasteiger partial charge in [0.25, 0.3) is 0 Å². The number of hydrogen-bond acceptors (Lipinski definition) is 1. The van der Waals surface area contributed by atoms with Crippen molar-refractivity contribution in [3.63, 3.8) is 0 Å². The van der Waals surface area contributed by atoms with Crippen LogP contribution in [-0.2, 0) is 6.42 Å². The Morgan fingerprint density at radius 2 is 1.56 bits per heavy atom. The van der Waals surface area contributed by atoms with Gasteiger partial charge in [-0.3, -0.25) is 0 Å². The zero-order valence-electron chi connectivity index (χ0n) is 11.1. The molecule has 2 aromatic rings. The summed E-state index contributed by atoms with van der Waals surface area (Å²) in [5.41, 5.74) is 1.41. The van der Waals surface area contributed by atoms with Gasteiger partial charge in [-0.15, -0.1) is 0 Å². The second kappa shape index (κ2) is 8.39. The summed E-state index contributed by atoms with van der Waals surface area (Å²) in [6, 6.07) is 17.0. The van der Waals surface area contributed by atoms with Crippen LogP contribution in [-0.4, -0.2) is 0 Å². The molecule has 18 heavy (non-hydrogen) atoms. The maximum absolute atomic E-state index is 3.45. The predicted octanol–water partition coefficient (Wildman–Crippen LogP) is 6.19. The van der Waals surface area contributed by atoms with Gasteiger partial charge in [0.05, 0.1) is 0 Å². The van der Waals surface area contributed by atoms with Crippen molar-refractivity contribution in [1.82, 2.24) is 0 Å². The molecule has 0 aliphatic rings. The average molecular weight is 323 g/mol. The van der Waals surface area contributed by atoms with Gasteiger partial charge in [0, 0.05) is 14.3 Å². The molecule has 0 saturated heterocycles. The number of aryl methyl sites for hydroxylation is 1. The molecule has 0 fully saturated rings. The van der Waals surface area contributed by atoms with Gasteiger partial charge in [-0.05, 0) is 42.3 Å². The highest BCUT2D eigenvalue weighted by molar-refractivity contribution is 9.10. The third kappa shape index (κ3) is 4.51. The van der Waals surface area contributed by atoms with Gasteiger partial charge in [-0.2, -0.15) is 0 Å². The molecule has 0 unspecified atom stereocenters. The molecule has 0 amide bonds. The van der Waals surface area contributed by atoms with E-state index < -0.39 is 0 Å². The Hall–Kier alpha value is -0.730. The molecule has 0 aliphatic carbocycles. The summed E-state index contributed by atoms with van der Waals surface area (Å²) < 4.78 is 1.13. The first-order valence-electron chi connectivity index (χ1n) is 6.31. The lowest BCUT2D eigenvalue weighted by atomic mass is 10.2. The minimum atomic E-state index is 1.08. The predicted molar refractivity (Wildman–Crippen MR) is 85.4 cm³/mol. The van der Waals surface area contributed by atoms with Crippen LogP contribution in [0.25, 0.3) is 0 Å². The summed E-state index contributed by atoms with van der Waals surface area (Å²) in [6.45, 7) is 6.20. The van der Waals surface area contributed by atoms with Gasteiger partial charge in [-0.25, -0.2) is 0 Å². The Kier molecular flexibility index (Phi) is 7.14. The first-order chi connectivity index (χ1) is 8.79. The van der Waals surface area contributed by atoms with Crippen molar-refractivity contribution >= 4 is 27.7 Å². The minimum absolute atomic E-state index is 1.08. The van der Waals surface area contributed by atoms with Crippen molar-refractivity contribution in [2.45, 2.75) is 37.0 Å². The fourth-order valence-corrected chi connectivity index (χ4v) is 2.81. The fraction of sp³-hybridized carbons (Fsp3) is 0.250. The number of rotatable bonds is 3. The van der Waals surface area contributed by atoms with E-state index in [-0.39, 0.29) is 0 Å². The second-order valence-corrected chi connectivity index (χ2v) is 5.55. The molecule has 0 radical (unpaired) electrons. The van der Waals surface area contributed by atoms with Crippen LogP contribution in [0.5, 0.6) is 0 Å². The quantitative estimate of drug-likeness (QED) is 0.649. The molecular formula is C16H19BrS. The SMILES string of the molecule is CC.CCc1ccccc1Sc1ccc(Br)cc1. The summed E-state index contributed by atoms with van der Waals surface area (Å²) >= 11 is 5.28. The van der Waals surface area contributed by atoms with Crippen molar-refractivity contribution in [3.05, 3.63) is 58.6 Å². The summed E-state index contributed by atoms with van der Waals surface area (Å²) in [5.74, 6) is 0. The molecule has 0 N–H and O–H groups in total. The van der Waals surface area contributed by atoms with E-state index in [1.165, 1.54) is 15.4 Å². The highest BCUT2D eigenvalue weighted by Crippen LogP contribution is 2.31. The molecule has 0 spiro atoms. The van der Waals surface area contributed by atoms with Crippen molar-refractivity contribution in [3.8, 4) is 0 Å². The molecule has 0 atom stereocenters. The van der Waals surface area contributed by atoms with E-state index in [9.17, 15) is 0 Å². The Labute approximate surface area is 123 Å². The van der Waals surface area contributed by atoms with Gasteiger partial charge in [0.2, 0.25) is 0 Å². The maximum Gasteiger partial charge on any atom is 0.0176 e. The van der Waals surface area contributed by atoms with Crippen molar-refractivity contribution in [1.29, 1.82) is 0 Å². The van der Waals surface area contributed by atoms with Crippen LogP contribution in [0.2, 0.25) is 0 Å². The van der Waals surface area contributed by atoms with Crippen molar-refractivity contribution in [2.24, 2.45) is 0 Å². The largest absolute Gasteiger partial charge is 0.0898 e. The summed E-state index contributed by atoms with van der Waals surface area (Å²) in [5, 5.41) is 0. The molecule has 0 bridgehead atoms. The molecule has 2 rings (SSSR count). The van der Waals surface area contributed by atoms with E-state index in [0.717, 1.165) is 10.9 Å². The highest BCUT2D eigenvalue weighted by Gasteiger charge is 2.01. The summed E-state index contributed by atoms with van der Waals surface area (Å²) in [6.07, 6.45) is 1.08. The zero-order valence-corrected chi connectivity index (χ0v) is 13.5. The first-order valence-corrected chi connectivity index (χ1v) is 7.92. The van der Waals surface area contributed by atoms with Gasteiger partial charge in [-0.1, -0.05) is 66.7 Å². The number of hydrogen-bond donors (Lipinski definition) is 0. The lowest BCUT2D eigenvalue weighted by Crippen LogP contribution is -1.83. The van der Waals surface area contributed by atoms with E-state index in [4.69, 9.17) is 0 Å². The second-order valence-electron chi connectivity index (χ2n) is 3.52. The summed E-state index contributed by atoms with van der Waals surface area (Å²) in [7, 11) is 0. The van der Waals surface area contributed by atoms with Gasteiger partial charge in [0.1, 0.15) is 0 Å². The third-order valence-electron chi connectivity index (χ3n) is 2.39. The van der Waals surface area contributed by atoms with Crippen LogP contribution in [0.3, 0.4) is 0 Å². The van der Waals surface area contributed by atoms with Crippen LogP contribution >= 0.6 is 27.7 Å². The van der Waals surface area contributed by atoms with Gasteiger partial charge < -0.3 is 0 Å². The van der Waals surface area contributed by atoms with E-state index >= 15 is 0 Å². The Bertz CT molecular complexity index is 463. The zero-order chi connectivity index (χ0) is 13.4. The monoisotopic (exact) mass is 322 g/mol. The topological polar surface area (TPSA) is 0 Å². The smallest absolute Gasteiger partial charge is 0.0176 e. The molecule has 2 heteroatoms. The maximum atomic E-state index is 3.45. The van der Waals surface area contributed by atoms with Crippen LogP contribution < -0.4 is 0 Å². The standard InChI is InChI=1S/C14H13BrS.C2H6/c1-2-11-5-3-4-6-14(11)16-13-9-7-12(15)8-10-13;1-2/h3-10H,2H2,1H3;1-2H3. The third-order valence-corrected chi connectivity index (χ3v) is 4.05. The molecule has 0 nitrogen and oxygen atoms in total. The lowest BCUT2D eigenvalue weighted by molar-refractivity contribution is 1.08. The van der Waals surface area contributed by atoms with Crippen LogP contribution in [0, 0.1) is 0 Å². The van der Waals surface area contributed by atoms with Crippen molar-refractivity contribution < 1.29 is 0 Å². The van der Waals surface area contributed by atoms with Gasteiger partial charge in [0.15, 0.2) is 0 Å². The highest BCUT2D eigenvalue weighted by atomic mass is 79.9. The normalized spacial score (nSPS) is 9.56. The van der Waals surface area contributed by atoms with E-state index in [2.05, 4.69) is 71.4 Å². The lowest BCUT2D eigenvalue weighted by Gasteiger charge is -2.06. The van der Waals surface area contributed by atoms with E-state index in [1.54, 1.807) is 0 Å². The van der Waals surface area contributed by atoms with Crippen LogP contribution in [0.1, 0.15) is 26.3 Å². The van der Waals surface area contributed by atoms with Gasteiger partial charge >= 0.3 is 0 Å². The Morgan fingerprint density at radius 3 is 2.17 bits per heavy atom. The fourth-order valence-electron chi connectivity index (χ4n) is 1.53. The molecule has 0 heterocycles. The molecule has 0 aliphatic heterocycles. The molecule has 0 aromatic heterocycles. The average Bonchev–Trinajstić information content (AvgIpc) is 2.44. The minimum Gasteiger partial charge on any atom is -0.0898 e. The molecule has 96 valence electrons. The summed E-state index contributed by atoms with van der Waals surface area (Å²) in [4.78, 5) is 2.64. The molecule has 0 saturated carbocycles. The molecule has 2 aromatic carbocycles. The van der Waals surface area contributed by atoms with Crippen LogP contribution in [0.4, 0.5) is 0 Å². The first kappa shape index (κ1) is 15.3. The molecular weight excluding hydrogens is 304 g/mol. The van der Waals surface area contributed by atoms with Crippen LogP contribution in [0.15, 0.2) is 62.8 Å². The Morgan fingerprint density at radius 1 is 0.944 bits per heavy atom. The van der Waals surface area contributed by atoms with E-state index in [0.29, 0.717) is 0 Å². The Balaban J connectivity index is 0.000000771. The van der Waals surface area contributed by atoms with Crippen molar-refractivity contribution in [2.75, 3.05) is 0 Å². The number of benzene rings is 2. The van der Waals surface area contributed by atoms with E-state index in [1.807, 2.05) is 25.6 Å². The number of halogens is 1.